The summed E-state index contributed by atoms with van der Waals surface area (Å²) in [7, 11) is 0. The van der Waals surface area contributed by atoms with Crippen LogP contribution in [0, 0.1) is 5.92 Å². The molecule has 18 heavy (non-hydrogen) atoms. The van der Waals surface area contributed by atoms with E-state index in [1.807, 2.05) is 12.1 Å². The second-order valence-electron chi connectivity index (χ2n) is 4.81. The Balaban J connectivity index is 1.80. The van der Waals surface area contributed by atoms with Crippen LogP contribution in [-0.4, -0.2) is 36.3 Å². The Bertz CT molecular complexity index is 494. The van der Waals surface area contributed by atoms with Gasteiger partial charge >= 0.3 is 0 Å². The van der Waals surface area contributed by atoms with Crippen molar-refractivity contribution in [3.8, 4) is 5.75 Å². The maximum absolute atomic E-state index is 12.3. The molecule has 1 fully saturated rings. The Morgan fingerprint density at radius 2 is 2.11 bits per heavy atom. The molecule has 1 aliphatic carbocycles. The van der Waals surface area contributed by atoms with Crippen LogP contribution in [0.4, 0.5) is 0 Å². The Kier molecular flexibility index (Phi) is 2.78. The van der Waals surface area contributed by atoms with E-state index in [4.69, 9.17) is 4.74 Å². The molecule has 0 N–H and O–H groups in total. The average Bonchev–Trinajstić information content (AvgIpc) is 3.20. The maximum atomic E-state index is 12.3. The minimum atomic E-state index is -0.0999. The monoisotopic (exact) mass is 245 g/mol. The van der Waals surface area contributed by atoms with Gasteiger partial charge in [0.1, 0.15) is 12.4 Å². The summed E-state index contributed by atoms with van der Waals surface area (Å²) < 4.78 is 5.53. The van der Waals surface area contributed by atoms with Gasteiger partial charge in [0.25, 0.3) is 5.91 Å². The molecule has 0 saturated heterocycles. The van der Waals surface area contributed by atoms with Crippen molar-refractivity contribution in [1.82, 2.24) is 4.90 Å². The van der Waals surface area contributed by atoms with E-state index in [0.717, 1.165) is 12.8 Å². The summed E-state index contributed by atoms with van der Waals surface area (Å²) in [6.07, 6.45) is 1.96. The highest BCUT2D eigenvalue weighted by atomic mass is 16.5. The quantitative estimate of drug-likeness (QED) is 0.810. The first-order valence-corrected chi connectivity index (χ1v) is 6.29. The Hall–Kier alpha value is -1.84. The summed E-state index contributed by atoms with van der Waals surface area (Å²) in [5, 5.41) is 0. The van der Waals surface area contributed by atoms with Crippen LogP contribution >= 0.6 is 0 Å². The van der Waals surface area contributed by atoms with E-state index in [1.54, 1.807) is 17.0 Å². The number of ether oxygens (including phenoxy) is 1. The fourth-order valence-corrected chi connectivity index (χ4v) is 2.18. The van der Waals surface area contributed by atoms with E-state index in [0.29, 0.717) is 24.5 Å². The zero-order valence-corrected chi connectivity index (χ0v) is 10.1. The number of ketones is 1. The van der Waals surface area contributed by atoms with E-state index < -0.39 is 0 Å². The standard InChI is InChI=1S/C14H15NO3/c16-12(10-5-6-10)9-15-7-8-18-13-4-2-1-3-11(13)14(15)17/h1-4,10H,5-9H2. The van der Waals surface area contributed by atoms with Crippen molar-refractivity contribution in [2.45, 2.75) is 12.8 Å². The van der Waals surface area contributed by atoms with Gasteiger partial charge in [-0.1, -0.05) is 12.1 Å². The lowest BCUT2D eigenvalue weighted by molar-refractivity contribution is -0.120. The van der Waals surface area contributed by atoms with Gasteiger partial charge in [0.2, 0.25) is 0 Å². The van der Waals surface area contributed by atoms with Gasteiger partial charge < -0.3 is 9.64 Å². The van der Waals surface area contributed by atoms with Gasteiger partial charge in [-0.2, -0.15) is 0 Å². The maximum Gasteiger partial charge on any atom is 0.258 e. The minimum absolute atomic E-state index is 0.0999. The van der Waals surface area contributed by atoms with Crippen molar-refractivity contribution in [3.05, 3.63) is 29.8 Å². The van der Waals surface area contributed by atoms with Crippen LogP contribution in [0.2, 0.25) is 0 Å². The number of carbonyl (C=O) groups excluding carboxylic acids is 2. The number of hydrogen-bond acceptors (Lipinski definition) is 3. The SMILES string of the molecule is O=C(CN1CCOc2ccccc2C1=O)C1CC1. The first kappa shape index (κ1) is 11.3. The van der Waals surface area contributed by atoms with Crippen molar-refractivity contribution >= 4 is 11.7 Å². The zero-order valence-electron chi connectivity index (χ0n) is 10.1. The summed E-state index contributed by atoms with van der Waals surface area (Å²) >= 11 is 0. The van der Waals surface area contributed by atoms with Gasteiger partial charge in [0.05, 0.1) is 18.7 Å². The first-order chi connectivity index (χ1) is 8.75. The highest BCUT2D eigenvalue weighted by Gasteiger charge is 2.32. The molecule has 0 unspecified atom stereocenters. The number of benzene rings is 1. The molecule has 4 heteroatoms. The lowest BCUT2D eigenvalue weighted by Gasteiger charge is -2.18. The average molecular weight is 245 g/mol. The van der Waals surface area contributed by atoms with Gasteiger partial charge in [0, 0.05) is 5.92 Å². The number of hydrogen-bond donors (Lipinski definition) is 0. The van der Waals surface area contributed by atoms with Crippen molar-refractivity contribution < 1.29 is 14.3 Å². The third-order valence-corrected chi connectivity index (χ3v) is 3.40. The van der Waals surface area contributed by atoms with Crippen LogP contribution in [0.25, 0.3) is 0 Å². The van der Waals surface area contributed by atoms with Crippen molar-refractivity contribution in [2.75, 3.05) is 19.7 Å². The highest BCUT2D eigenvalue weighted by molar-refractivity contribution is 5.99. The van der Waals surface area contributed by atoms with Crippen molar-refractivity contribution in [2.24, 2.45) is 5.92 Å². The molecule has 0 spiro atoms. The van der Waals surface area contributed by atoms with Crippen molar-refractivity contribution in [3.63, 3.8) is 0 Å². The molecule has 1 heterocycles. The first-order valence-electron chi connectivity index (χ1n) is 6.29. The number of amides is 1. The molecular weight excluding hydrogens is 230 g/mol. The number of nitrogens with zero attached hydrogens (tertiary/aromatic N) is 1. The molecule has 3 rings (SSSR count). The van der Waals surface area contributed by atoms with Crippen LogP contribution in [0.3, 0.4) is 0 Å². The number of para-hydroxylation sites is 1. The summed E-state index contributed by atoms with van der Waals surface area (Å²) in [6.45, 7) is 1.15. The molecule has 0 radical (unpaired) electrons. The number of fused-ring (bicyclic) bond motifs is 1. The van der Waals surface area contributed by atoms with E-state index in [2.05, 4.69) is 0 Å². The van der Waals surface area contributed by atoms with Gasteiger partial charge in [-0.3, -0.25) is 9.59 Å². The smallest absolute Gasteiger partial charge is 0.258 e. The molecule has 1 aromatic carbocycles. The zero-order chi connectivity index (χ0) is 12.5. The minimum Gasteiger partial charge on any atom is -0.491 e. The summed E-state index contributed by atoms with van der Waals surface area (Å²) in [5.74, 6) is 0.890. The van der Waals surface area contributed by atoms with E-state index in [-0.39, 0.29) is 24.2 Å². The number of Topliss-reactive ketones (excluding diaryl/α,β-unsaturated/α-hetero) is 1. The molecule has 1 aromatic rings. The van der Waals surface area contributed by atoms with Gasteiger partial charge in [-0.15, -0.1) is 0 Å². The van der Waals surface area contributed by atoms with Crippen LogP contribution < -0.4 is 4.74 Å². The van der Waals surface area contributed by atoms with Crippen LogP contribution in [0.15, 0.2) is 24.3 Å². The third kappa shape index (κ3) is 2.10. The molecule has 4 nitrogen and oxygen atoms in total. The van der Waals surface area contributed by atoms with E-state index >= 15 is 0 Å². The lowest BCUT2D eigenvalue weighted by atomic mass is 10.1. The summed E-state index contributed by atoms with van der Waals surface area (Å²) in [5.41, 5.74) is 0.554. The van der Waals surface area contributed by atoms with Crippen LogP contribution in [-0.2, 0) is 4.79 Å². The Labute approximate surface area is 106 Å². The molecule has 0 aromatic heterocycles. The predicted octanol–water partition coefficient (Wildman–Crippen LogP) is 1.50. The molecular formula is C14H15NO3. The topological polar surface area (TPSA) is 46.6 Å². The fourth-order valence-electron chi connectivity index (χ4n) is 2.18. The second-order valence-corrected chi connectivity index (χ2v) is 4.81. The molecule has 1 aliphatic heterocycles. The summed E-state index contributed by atoms with van der Waals surface area (Å²) in [6, 6.07) is 7.19. The molecule has 0 atom stereocenters. The molecule has 2 aliphatic rings. The summed E-state index contributed by atoms with van der Waals surface area (Å²) in [4.78, 5) is 25.7. The van der Waals surface area contributed by atoms with Crippen molar-refractivity contribution in [1.29, 1.82) is 0 Å². The lowest BCUT2D eigenvalue weighted by Crippen LogP contribution is -2.37. The van der Waals surface area contributed by atoms with Crippen LogP contribution in [0.1, 0.15) is 23.2 Å². The Morgan fingerprint density at radius 3 is 2.89 bits per heavy atom. The van der Waals surface area contributed by atoms with E-state index in [1.165, 1.54) is 0 Å². The highest BCUT2D eigenvalue weighted by Crippen LogP contribution is 2.30. The number of rotatable bonds is 3. The molecule has 94 valence electrons. The molecule has 1 amide bonds. The fraction of sp³-hybridized carbons (Fsp3) is 0.429. The number of carbonyl (C=O) groups is 2. The second kappa shape index (κ2) is 4.44. The normalized spacial score (nSPS) is 18.9. The van der Waals surface area contributed by atoms with Gasteiger partial charge in [0.15, 0.2) is 5.78 Å². The van der Waals surface area contributed by atoms with Gasteiger partial charge in [-0.05, 0) is 25.0 Å². The van der Waals surface area contributed by atoms with Gasteiger partial charge in [-0.25, -0.2) is 0 Å². The molecule has 0 bridgehead atoms. The Morgan fingerprint density at radius 1 is 1.33 bits per heavy atom. The van der Waals surface area contributed by atoms with Crippen LogP contribution in [0.5, 0.6) is 5.75 Å². The predicted molar refractivity (Wildman–Crippen MR) is 65.6 cm³/mol. The third-order valence-electron chi connectivity index (χ3n) is 3.40. The molecule has 1 saturated carbocycles. The van der Waals surface area contributed by atoms with E-state index in [9.17, 15) is 9.59 Å². The largest absolute Gasteiger partial charge is 0.491 e.